The second-order valence-electron chi connectivity index (χ2n) is 7.15. The summed E-state index contributed by atoms with van der Waals surface area (Å²) in [6, 6.07) is 16.4. The number of amides is 1. The average Bonchev–Trinajstić information content (AvgIpc) is 3.50. The van der Waals surface area contributed by atoms with Gasteiger partial charge in [0.2, 0.25) is 5.91 Å². The van der Waals surface area contributed by atoms with Gasteiger partial charge in [-0.25, -0.2) is 14.8 Å². The molecule has 3 aromatic heterocycles. The Labute approximate surface area is 204 Å². The molecule has 6 nitrogen and oxygen atoms in total. The minimum Gasteiger partial charge on any atom is -0.467 e. The summed E-state index contributed by atoms with van der Waals surface area (Å²) in [6.45, 7) is 0. The van der Waals surface area contributed by atoms with Crippen molar-refractivity contribution >= 4 is 46.2 Å². The number of nitrogens with one attached hydrogen (secondary N) is 1. The molecule has 0 aliphatic rings. The Bertz CT molecular complexity index is 1230. The summed E-state index contributed by atoms with van der Waals surface area (Å²) < 4.78 is 4.90. The standard InChI is InChI=1S/C24H20ClN3O3S2/c1-31-24(30)17(12-15-9-10-20(25)26-14-15)27-21(29)13-19-22(18-8-5-11-32-18)28-23(33-19)16-6-3-2-4-7-16/h2-11,14,17H,12-13H2,1H3,(H,27,29). The van der Waals surface area contributed by atoms with Crippen molar-refractivity contribution in [2.75, 3.05) is 7.11 Å². The highest BCUT2D eigenvalue weighted by atomic mass is 35.5. The van der Waals surface area contributed by atoms with Gasteiger partial charge in [0.05, 0.1) is 24.1 Å². The summed E-state index contributed by atoms with van der Waals surface area (Å²) >= 11 is 8.89. The predicted octanol–water partition coefficient (Wildman–Crippen LogP) is 5.03. The van der Waals surface area contributed by atoms with Crippen LogP contribution in [0.25, 0.3) is 21.1 Å². The number of hydrogen-bond acceptors (Lipinski definition) is 7. The molecule has 0 saturated heterocycles. The molecule has 168 valence electrons. The van der Waals surface area contributed by atoms with E-state index >= 15 is 0 Å². The number of halogens is 1. The zero-order valence-corrected chi connectivity index (χ0v) is 20.0. The molecule has 1 aromatic carbocycles. The smallest absolute Gasteiger partial charge is 0.328 e. The Morgan fingerprint density at radius 1 is 1.12 bits per heavy atom. The van der Waals surface area contributed by atoms with Gasteiger partial charge in [-0.15, -0.1) is 22.7 Å². The number of methoxy groups -OCH3 is 1. The molecule has 0 bridgehead atoms. The first-order chi connectivity index (χ1) is 16.0. The van der Waals surface area contributed by atoms with Crippen LogP contribution in [0.15, 0.2) is 66.2 Å². The van der Waals surface area contributed by atoms with Gasteiger partial charge in [-0.2, -0.15) is 0 Å². The molecule has 1 N–H and O–H groups in total. The normalized spacial score (nSPS) is 11.7. The van der Waals surface area contributed by atoms with Crippen LogP contribution in [0.3, 0.4) is 0 Å². The van der Waals surface area contributed by atoms with Crippen molar-refractivity contribution in [3.8, 4) is 21.1 Å². The molecule has 9 heteroatoms. The maximum atomic E-state index is 13.0. The number of esters is 1. The lowest BCUT2D eigenvalue weighted by Gasteiger charge is -2.16. The Morgan fingerprint density at radius 3 is 2.61 bits per heavy atom. The summed E-state index contributed by atoms with van der Waals surface area (Å²) in [6.07, 6.45) is 1.93. The third-order valence-corrected chi connectivity index (χ3v) is 7.05. The van der Waals surface area contributed by atoms with Gasteiger partial charge in [-0.1, -0.05) is 54.1 Å². The maximum Gasteiger partial charge on any atom is 0.328 e. The van der Waals surface area contributed by atoms with Crippen molar-refractivity contribution in [1.29, 1.82) is 0 Å². The van der Waals surface area contributed by atoms with Crippen LogP contribution in [0, 0.1) is 0 Å². The van der Waals surface area contributed by atoms with E-state index in [1.165, 1.54) is 18.4 Å². The van der Waals surface area contributed by atoms with Crippen LogP contribution in [0.2, 0.25) is 5.15 Å². The minimum atomic E-state index is -0.836. The van der Waals surface area contributed by atoms with Gasteiger partial charge in [0.15, 0.2) is 0 Å². The van der Waals surface area contributed by atoms with Crippen molar-refractivity contribution in [1.82, 2.24) is 15.3 Å². The van der Waals surface area contributed by atoms with E-state index in [0.717, 1.165) is 31.6 Å². The fraction of sp³-hybridized carbons (Fsp3) is 0.167. The molecule has 1 unspecified atom stereocenters. The Hall–Kier alpha value is -3.07. The first kappa shape index (κ1) is 23.1. The second kappa shape index (κ2) is 10.7. The van der Waals surface area contributed by atoms with Crippen molar-refractivity contribution < 1.29 is 14.3 Å². The van der Waals surface area contributed by atoms with E-state index in [0.29, 0.717) is 5.15 Å². The van der Waals surface area contributed by atoms with Crippen LogP contribution in [0.4, 0.5) is 0 Å². The van der Waals surface area contributed by atoms with Gasteiger partial charge in [-0.05, 0) is 23.1 Å². The lowest BCUT2D eigenvalue weighted by molar-refractivity contribution is -0.145. The molecular formula is C24H20ClN3O3S2. The third-order valence-electron chi connectivity index (χ3n) is 4.84. The van der Waals surface area contributed by atoms with E-state index in [4.69, 9.17) is 21.3 Å². The number of carbonyl (C=O) groups is 2. The number of carbonyl (C=O) groups excluding carboxylic acids is 2. The number of ether oxygens (including phenoxy) is 1. The van der Waals surface area contributed by atoms with Gasteiger partial charge >= 0.3 is 5.97 Å². The molecular weight excluding hydrogens is 478 g/mol. The molecule has 33 heavy (non-hydrogen) atoms. The number of aromatic nitrogens is 2. The largest absolute Gasteiger partial charge is 0.467 e. The molecule has 1 amide bonds. The van der Waals surface area contributed by atoms with E-state index in [1.807, 2.05) is 47.8 Å². The van der Waals surface area contributed by atoms with Crippen LogP contribution in [0.1, 0.15) is 10.4 Å². The predicted molar refractivity (Wildman–Crippen MR) is 131 cm³/mol. The van der Waals surface area contributed by atoms with E-state index < -0.39 is 12.0 Å². The molecule has 3 heterocycles. The number of benzene rings is 1. The molecule has 0 fully saturated rings. The third kappa shape index (κ3) is 5.84. The van der Waals surface area contributed by atoms with Gasteiger partial charge in [0.1, 0.15) is 16.2 Å². The van der Waals surface area contributed by atoms with E-state index in [2.05, 4.69) is 10.3 Å². The zero-order chi connectivity index (χ0) is 23.2. The van der Waals surface area contributed by atoms with Gasteiger partial charge in [0, 0.05) is 23.1 Å². The first-order valence-corrected chi connectivity index (χ1v) is 12.2. The van der Waals surface area contributed by atoms with Crippen molar-refractivity contribution in [2.24, 2.45) is 0 Å². The molecule has 0 aliphatic heterocycles. The maximum absolute atomic E-state index is 13.0. The number of pyridine rings is 1. The zero-order valence-electron chi connectivity index (χ0n) is 17.7. The Balaban J connectivity index is 1.55. The molecule has 0 saturated carbocycles. The molecule has 0 radical (unpaired) electrons. The first-order valence-electron chi connectivity index (χ1n) is 10.1. The summed E-state index contributed by atoms with van der Waals surface area (Å²) in [5, 5.41) is 5.99. The highest BCUT2D eigenvalue weighted by molar-refractivity contribution is 7.17. The quantitative estimate of drug-likeness (QED) is 0.273. The minimum absolute atomic E-state index is 0.101. The van der Waals surface area contributed by atoms with Gasteiger partial charge < -0.3 is 10.1 Å². The van der Waals surface area contributed by atoms with Crippen molar-refractivity contribution in [2.45, 2.75) is 18.9 Å². The number of thiazole rings is 1. The van der Waals surface area contributed by atoms with Crippen molar-refractivity contribution in [3.05, 3.63) is 81.8 Å². The van der Waals surface area contributed by atoms with Crippen LogP contribution in [-0.2, 0) is 27.2 Å². The molecule has 0 aliphatic carbocycles. The molecule has 0 spiro atoms. The van der Waals surface area contributed by atoms with Crippen LogP contribution in [-0.4, -0.2) is 35.0 Å². The fourth-order valence-electron chi connectivity index (χ4n) is 3.27. The van der Waals surface area contributed by atoms with Crippen LogP contribution < -0.4 is 5.32 Å². The Morgan fingerprint density at radius 2 is 1.94 bits per heavy atom. The molecule has 4 aromatic rings. The highest BCUT2D eigenvalue weighted by Crippen LogP contribution is 2.36. The van der Waals surface area contributed by atoms with Crippen LogP contribution in [0.5, 0.6) is 0 Å². The topological polar surface area (TPSA) is 81.2 Å². The summed E-state index contributed by atoms with van der Waals surface area (Å²) in [7, 11) is 1.30. The number of rotatable bonds is 8. The Kier molecular flexibility index (Phi) is 7.49. The average molecular weight is 498 g/mol. The molecule has 1 atom stereocenters. The highest BCUT2D eigenvalue weighted by Gasteiger charge is 2.24. The summed E-state index contributed by atoms with van der Waals surface area (Å²) in [4.78, 5) is 36.0. The second-order valence-corrected chi connectivity index (χ2v) is 9.57. The number of hydrogen-bond donors (Lipinski definition) is 1. The number of nitrogens with zero attached hydrogens (tertiary/aromatic N) is 2. The van der Waals surface area contributed by atoms with Gasteiger partial charge in [-0.3, -0.25) is 4.79 Å². The number of thiophene rings is 1. The van der Waals surface area contributed by atoms with E-state index in [1.54, 1.807) is 29.7 Å². The van der Waals surface area contributed by atoms with Crippen molar-refractivity contribution in [3.63, 3.8) is 0 Å². The lowest BCUT2D eigenvalue weighted by atomic mass is 10.1. The van der Waals surface area contributed by atoms with Crippen LogP contribution >= 0.6 is 34.3 Å². The monoisotopic (exact) mass is 497 g/mol. The summed E-state index contributed by atoms with van der Waals surface area (Å²) in [5.41, 5.74) is 2.55. The SMILES string of the molecule is COC(=O)C(Cc1ccc(Cl)nc1)NC(=O)Cc1sc(-c2ccccc2)nc1-c1cccs1. The van der Waals surface area contributed by atoms with E-state index in [-0.39, 0.29) is 18.7 Å². The van der Waals surface area contributed by atoms with E-state index in [9.17, 15) is 9.59 Å². The fourth-order valence-corrected chi connectivity index (χ4v) is 5.27. The lowest BCUT2D eigenvalue weighted by Crippen LogP contribution is -2.43. The summed E-state index contributed by atoms with van der Waals surface area (Å²) in [5.74, 6) is -0.806. The van der Waals surface area contributed by atoms with Gasteiger partial charge in [0.25, 0.3) is 0 Å². The molecule has 4 rings (SSSR count).